The van der Waals surface area contributed by atoms with Gasteiger partial charge in [-0.25, -0.2) is 0 Å². The summed E-state index contributed by atoms with van der Waals surface area (Å²) >= 11 is 0. The van der Waals surface area contributed by atoms with Crippen molar-refractivity contribution in [2.75, 3.05) is 0 Å². The molecule has 3 rings (SSSR count). The summed E-state index contributed by atoms with van der Waals surface area (Å²) in [5.41, 5.74) is 4.25. The second-order valence-electron chi connectivity index (χ2n) is 8.37. The zero-order chi connectivity index (χ0) is 18.0. The van der Waals surface area contributed by atoms with E-state index in [4.69, 9.17) is 0 Å². The van der Waals surface area contributed by atoms with Gasteiger partial charge in [-0.05, 0) is 57.6 Å². The Morgan fingerprint density at radius 3 is 1.60 bits per heavy atom. The maximum absolute atomic E-state index is 14.5. The van der Waals surface area contributed by atoms with Crippen LogP contribution in [-0.4, -0.2) is 16.8 Å². The van der Waals surface area contributed by atoms with Crippen LogP contribution >= 0.6 is 7.14 Å². The number of aryl methyl sites for hydroxylation is 3. The third kappa shape index (κ3) is 3.65. The fourth-order valence-electron chi connectivity index (χ4n) is 5.25. The zero-order valence-corrected chi connectivity index (χ0v) is 17.0. The minimum absolute atomic E-state index is 0.0151. The lowest BCUT2D eigenvalue weighted by molar-refractivity contribution is 0.106. The topological polar surface area (TPSA) is 34.1 Å². The fraction of sp³-hybridized carbons (Fsp3) is 0.682. The highest BCUT2D eigenvalue weighted by atomic mass is 31.2. The van der Waals surface area contributed by atoms with Gasteiger partial charge in [0.15, 0.2) is 7.14 Å². The zero-order valence-electron chi connectivity index (χ0n) is 16.1. The van der Waals surface area contributed by atoms with Gasteiger partial charge in [0.1, 0.15) is 0 Å². The monoisotopic (exact) mass is 360 g/mol. The Hall–Kier alpha value is -0.880. The van der Waals surface area contributed by atoms with E-state index in [0.29, 0.717) is 0 Å². The fourth-order valence-corrected chi connectivity index (χ4v) is 9.48. The van der Waals surface area contributed by atoms with Crippen LogP contribution in [0.2, 0.25) is 0 Å². The summed E-state index contributed by atoms with van der Waals surface area (Å²) in [5, 5.41) is 0. The largest absolute Gasteiger partial charge is 0.315 e. The Bertz CT molecular complexity index is 634. The Labute approximate surface area is 153 Å². The van der Waals surface area contributed by atoms with Crippen molar-refractivity contribution >= 4 is 12.7 Å². The molecule has 2 aliphatic carbocycles. The number of rotatable bonds is 4. The average molecular weight is 360 g/mol. The van der Waals surface area contributed by atoms with Crippen LogP contribution < -0.4 is 0 Å². The molecule has 2 saturated carbocycles. The molecule has 0 aromatic heterocycles. The Kier molecular flexibility index (Phi) is 5.88. The first-order valence-electron chi connectivity index (χ1n) is 10.2. The molecule has 0 spiro atoms. The number of hydrogen-bond acceptors (Lipinski definition) is 2. The van der Waals surface area contributed by atoms with E-state index in [1.165, 1.54) is 18.4 Å². The average Bonchev–Trinajstić information content (AvgIpc) is 2.61. The molecule has 0 unspecified atom stereocenters. The number of benzene rings is 1. The van der Waals surface area contributed by atoms with Crippen molar-refractivity contribution in [3.63, 3.8) is 0 Å². The molecule has 0 atom stereocenters. The summed E-state index contributed by atoms with van der Waals surface area (Å²) in [6, 6.07) is 4.15. The van der Waals surface area contributed by atoms with Crippen molar-refractivity contribution in [1.29, 1.82) is 0 Å². The molecule has 0 heterocycles. The second-order valence-corrected chi connectivity index (χ2v) is 11.7. The van der Waals surface area contributed by atoms with Crippen LogP contribution in [0.25, 0.3) is 0 Å². The molecule has 25 heavy (non-hydrogen) atoms. The first kappa shape index (κ1) is 18.9. The minimum Gasteiger partial charge on any atom is -0.315 e. The van der Waals surface area contributed by atoms with Gasteiger partial charge in [0.25, 0.3) is 0 Å². The van der Waals surface area contributed by atoms with Gasteiger partial charge in [0.05, 0.1) is 0 Å². The molecule has 0 N–H and O–H groups in total. The SMILES string of the molecule is Cc1cc(C)c(C(=O)P(=O)(C2CCCCC2)C2CCCCC2)c(C)c1. The normalized spacial score (nSPS) is 20.6. The van der Waals surface area contributed by atoms with Crippen molar-refractivity contribution in [1.82, 2.24) is 0 Å². The smallest absolute Gasteiger partial charge is 0.222 e. The van der Waals surface area contributed by atoms with Gasteiger partial charge in [-0.3, -0.25) is 4.79 Å². The number of carbonyl (C=O) groups excluding carboxylic acids is 1. The number of carbonyl (C=O) groups is 1. The van der Waals surface area contributed by atoms with Crippen LogP contribution in [0.15, 0.2) is 12.1 Å². The predicted molar refractivity (Wildman–Crippen MR) is 106 cm³/mol. The molecule has 0 amide bonds. The third-order valence-corrected chi connectivity index (χ3v) is 10.5. The van der Waals surface area contributed by atoms with E-state index in [0.717, 1.165) is 68.1 Å². The van der Waals surface area contributed by atoms with Crippen molar-refractivity contribution < 1.29 is 9.36 Å². The van der Waals surface area contributed by atoms with Gasteiger partial charge in [-0.15, -0.1) is 0 Å². The van der Waals surface area contributed by atoms with E-state index in [1.54, 1.807) is 0 Å². The predicted octanol–water partition coefficient (Wildman–Crippen LogP) is 6.78. The van der Waals surface area contributed by atoms with Crippen LogP contribution in [0.1, 0.15) is 91.3 Å². The van der Waals surface area contributed by atoms with Gasteiger partial charge in [-0.1, -0.05) is 56.2 Å². The van der Waals surface area contributed by atoms with Crippen LogP contribution in [0.3, 0.4) is 0 Å². The minimum atomic E-state index is -2.89. The molecule has 1 aromatic carbocycles. The van der Waals surface area contributed by atoms with Gasteiger partial charge in [0, 0.05) is 16.9 Å². The van der Waals surface area contributed by atoms with E-state index in [1.807, 2.05) is 13.8 Å². The van der Waals surface area contributed by atoms with Crippen LogP contribution in [0, 0.1) is 20.8 Å². The lowest BCUT2D eigenvalue weighted by Crippen LogP contribution is -2.28. The maximum atomic E-state index is 14.5. The summed E-state index contributed by atoms with van der Waals surface area (Å²) < 4.78 is 14.5. The third-order valence-electron chi connectivity index (χ3n) is 6.44. The molecule has 2 nitrogen and oxygen atoms in total. The summed E-state index contributed by atoms with van der Waals surface area (Å²) in [6.45, 7) is 6.09. The van der Waals surface area contributed by atoms with Gasteiger partial charge in [-0.2, -0.15) is 0 Å². The van der Waals surface area contributed by atoms with E-state index < -0.39 is 7.14 Å². The molecule has 138 valence electrons. The Morgan fingerprint density at radius 1 is 0.800 bits per heavy atom. The highest BCUT2D eigenvalue weighted by Crippen LogP contribution is 2.64. The highest BCUT2D eigenvalue weighted by Gasteiger charge is 2.47. The summed E-state index contributed by atoms with van der Waals surface area (Å²) in [6.07, 6.45) is 11.0. The maximum Gasteiger partial charge on any atom is 0.222 e. The molecule has 0 saturated heterocycles. The van der Waals surface area contributed by atoms with Crippen molar-refractivity contribution in [2.24, 2.45) is 0 Å². The molecule has 2 fully saturated rings. The summed E-state index contributed by atoms with van der Waals surface area (Å²) in [5.74, 6) is 0. The lowest BCUT2D eigenvalue weighted by atomic mass is 9.99. The van der Waals surface area contributed by atoms with E-state index in [-0.39, 0.29) is 16.8 Å². The van der Waals surface area contributed by atoms with E-state index in [2.05, 4.69) is 19.1 Å². The molecular formula is C22H33O2P. The lowest BCUT2D eigenvalue weighted by Gasteiger charge is -2.37. The standard InChI is InChI=1S/C22H33O2P/c1-16-14-17(2)21(18(3)15-16)22(23)25(24,19-10-6-4-7-11-19)20-12-8-5-9-13-20/h14-15,19-20H,4-13H2,1-3H3. The van der Waals surface area contributed by atoms with Crippen molar-refractivity contribution in [3.05, 3.63) is 34.4 Å². The molecule has 0 bridgehead atoms. The van der Waals surface area contributed by atoms with E-state index in [9.17, 15) is 9.36 Å². The first-order valence-corrected chi connectivity index (χ1v) is 12.0. The molecule has 3 heteroatoms. The molecule has 0 aliphatic heterocycles. The Morgan fingerprint density at radius 2 is 1.20 bits per heavy atom. The van der Waals surface area contributed by atoms with Crippen molar-refractivity contribution in [3.8, 4) is 0 Å². The van der Waals surface area contributed by atoms with Gasteiger partial charge in [0.2, 0.25) is 5.52 Å². The quantitative estimate of drug-likeness (QED) is 0.555. The van der Waals surface area contributed by atoms with Crippen molar-refractivity contribution in [2.45, 2.75) is 96.3 Å². The van der Waals surface area contributed by atoms with Crippen LogP contribution in [0.4, 0.5) is 0 Å². The molecular weight excluding hydrogens is 327 g/mol. The molecule has 2 aliphatic rings. The van der Waals surface area contributed by atoms with Gasteiger partial charge >= 0.3 is 0 Å². The molecule has 0 radical (unpaired) electrons. The first-order chi connectivity index (χ1) is 11.9. The second kappa shape index (κ2) is 7.78. The highest BCUT2D eigenvalue weighted by molar-refractivity contribution is 7.82. The Balaban J connectivity index is 2.04. The van der Waals surface area contributed by atoms with Crippen LogP contribution in [-0.2, 0) is 4.57 Å². The summed E-state index contributed by atoms with van der Waals surface area (Å²) in [4.78, 5) is 13.8. The van der Waals surface area contributed by atoms with E-state index >= 15 is 0 Å². The van der Waals surface area contributed by atoms with Crippen LogP contribution in [0.5, 0.6) is 0 Å². The summed E-state index contributed by atoms with van der Waals surface area (Å²) in [7, 11) is -2.89. The van der Waals surface area contributed by atoms with Gasteiger partial charge < -0.3 is 4.57 Å². The number of hydrogen-bond donors (Lipinski definition) is 0. The molecule has 1 aromatic rings.